The second-order valence-corrected chi connectivity index (χ2v) is 9.18. The molecular weight excluding hydrogens is 402 g/mol. The lowest BCUT2D eigenvalue weighted by atomic mass is 10.1. The summed E-state index contributed by atoms with van der Waals surface area (Å²) in [5, 5.41) is 0. The molecule has 2 aromatic rings. The zero-order chi connectivity index (χ0) is 21.6. The molecular formula is C23H29NO5S. The Morgan fingerprint density at radius 1 is 1.23 bits per heavy atom. The monoisotopic (exact) mass is 431 g/mol. The first-order valence-corrected chi connectivity index (χ1v) is 11.5. The summed E-state index contributed by atoms with van der Waals surface area (Å²) in [6, 6.07) is 16.6. The molecule has 1 heterocycles. The first-order chi connectivity index (χ1) is 14.4. The van der Waals surface area contributed by atoms with Gasteiger partial charge in [0.2, 0.25) is 10.0 Å². The Kier molecular flexibility index (Phi) is 7.80. The van der Waals surface area contributed by atoms with Crippen LogP contribution in [0.3, 0.4) is 0 Å². The van der Waals surface area contributed by atoms with Crippen molar-refractivity contribution in [2.24, 2.45) is 0 Å². The molecule has 7 heteroatoms. The second-order valence-electron chi connectivity index (χ2n) is 7.41. The lowest BCUT2D eigenvalue weighted by Crippen LogP contribution is -2.40. The van der Waals surface area contributed by atoms with Gasteiger partial charge in [0.25, 0.3) is 0 Å². The summed E-state index contributed by atoms with van der Waals surface area (Å²) < 4.78 is 45.6. The van der Waals surface area contributed by atoms with Crippen LogP contribution in [0.15, 0.2) is 66.1 Å². The molecule has 1 aliphatic heterocycles. The summed E-state index contributed by atoms with van der Waals surface area (Å²) in [5.74, 6) is 0. The molecule has 0 spiro atoms. The van der Waals surface area contributed by atoms with E-state index in [1.165, 1.54) is 0 Å². The highest BCUT2D eigenvalue weighted by atomic mass is 32.2. The van der Waals surface area contributed by atoms with Crippen LogP contribution in [-0.2, 0) is 30.8 Å². The summed E-state index contributed by atoms with van der Waals surface area (Å²) in [6.45, 7) is 8.52. The van der Waals surface area contributed by atoms with Gasteiger partial charge in [0.15, 0.2) is 0 Å². The largest absolute Gasteiger partial charge is 0.373 e. The van der Waals surface area contributed by atoms with Crippen LogP contribution in [0.2, 0.25) is 0 Å². The van der Waals surface area contributed by atoms with Crippen molar-refractivity contribution in [1.82, 2.24) is 4.72 Å². The molecule has 6 nitrogen and oxygen atoms in total. The van der Waals surface area contributed by atoms with Crippen LogP contribution in [0, 0.1) is 0 Å². The molecule has 162 valence electrons. The van der Waals surface area contributed by atoms with Gasteiger partial charge in [-0.3, -0.25) is 0 Å². The average molecular weight is 432 g/mol. The van der Waals surface area contributed by atoms with Crippen molar-refractivity contribution in [3.05, 3.63) is 72.3 Å². The standard InChI is InChI=1S/C23H29NO5S/c1-4-19-11-8-12-21(13-19)30(25,26)24-14-17(2)29-23-18(3)27-16-22(23)28-15-20-9-6-5-7-10-20/h4-13,17-18,22-24H,1,14-16H2,2-3H3/t17-,18-,22+,23+/m0/s1. The number of ether oxygens (including phenoxy) is 3. The molecule has 3 rings (SSSR count). The smallest absolute Gasteiger partial charge is 0.240 e. The van der Waals surface area contributed by atoms with Gasteiger partial charge in [-0.25, -0.2) is 13.1 Å². The van der Waals surface area contributed by atoms with Crippen LogP contribution in [0.5, 0.6) is 0 Å². The van der Waals surface area contributed by atoms with E-state index in [-0.39, 0.29) is 35.9 Å². The molecule has 1 N–H and O–H groups in total. The highest BCUT2D eigenvalue weighted by molar-refractivity contribution is 7.89. The normalized spacial score (nSPS) is 22.7. The first-order valence-electron chi connectivity index (χ1n) is 10.0. The molecule has 1 aliphatic rings. The minimum atomic E-state index is -3.64. The van der Waals surface area contributed by atoms with Crippen LogP contribution in [-0.4, -0.2) is 46.0 Å². The van der Waals surface area contributed by atoms with Crippen molar-refractivity contribution in [1.29, 1.82) is 0 Å². The van der Waals surface area contributed by atoms with Gasteiger partial charge in [-0.2, -0.15) is 0 Å². The number of hydrogen-bond acceptors (Lipinski definition) is 5. The van der Waals surface area contributed by atoms with E-state index in [0.717, 1.165) is 11.1 Å². The fourth-order valence-electron chi connectivity index (χ4n) is 3.29. The van der Waals surface area contributed by atoms with Gasteiger partial charge in [-0.15, -0.1) is 0 Å². The number of benzene rings is 2. The predicted octanol–water partition coefficient (Wildman–Crippen LogP) is 3.39. The number of nitrogens with one attached hydrogen (secondary N) is 1. The van der Waals surface area contributed by atoms with Gasteiger partial charge in [0.05, 0.1) is 30.3 Å². The summed E-state index contributed by atoms with van der Waals surface area (Å²) in [4.78, 5) is 0.203. The van der Waals surface area contributed by atoms with E-state index in [2.05, 4.69) is 11.3 Å². The fraction of sp³-hybridized carbons (Fsp3) is 0.391. The molecule has 0 aliphatic carbocycles. The maximum atomic E-state index is 12.6. The Morgan fingerprint density at radius 2 is 2.00 bits per heavy atom. The Bertz CT molecular complexity index is 932. The Balaban J connectivity index is 1.54. The minimum Gasteiger partial charge on any atom is -0.373 e. The van der Waals surface area contributed by atoms with Gasteiger partial charge >= 0.3 is 0 Å². The van der Waals surface area contributed by atoms with Crippen LogP contribution in [0.1, 0.15) is 25.0 Å². The lowest BCUT2D eigenvalue weighted by Gasteiger charge is -2.25. The Morgan fingerprint density at radius 3 is 2.73 bits per heavy atom. The van der Waals surface area contributed by atoms with Gasteiger partial charge in [-0.05, 0) is 37.1 Å². The maximum absolute atomic E-state index is 12.6. The third-order valence-corrected chi connectivity index (χ3v) is 6.43. The third-order valence-electron chi connectivity index (χ3n) is 5.01. The SMILES string of the molecule is C=Cc1cccc(S(=O)(=O)NC[C@H](C)O[C@@H]2[C@H](C)OC[C@H]2OCc2ccccc2)c1. The molecule has 0 aromatic heterocycles. The third kappa shape index (κ3) is 6.00. The van der Waals surface area contributed by atoms with E-state index in [1.54, 1.807) is 30.3 Å². The second kappa shape index (κ2) is 10.3. The molecule has 30 heavy (non-hydrogen) atoms. The zero-order valence-electron chi connectivity index (χ0n) is 17.4. The van der Waals surface area contributed by atoms with Crippen molar-refractivity contribution >= 4 is 16.1 Å². The molecule has 0 unspecified atom stereocenters. The quantitative estimate of drug-likeness (QED) is 0.624. The molecule has 0 saturated carbocycles. The van der Waals surface area contributed by atoms with Crippen molar-refractivity contribution < 1.29 is 22.6 Å². The number of rotatable bonds is 10. The van der Waals surface area contributed by atoms with E-state index in [1.807, 2.05) is 44.2 Å². The van der Waals surface area contributed by atoms with E-state index in [4.69, 9.17) is 14.2 Å². The van der Waals surface area contributed by atoms with Crippen molar-refractivity contribution in [2.45, 2.75) is 49.8 Å². The van der Waals surface area contributed by atoms with Crippen LogP contribution < -0.4 is 4.72 Å². The van der Waals surface area contributed by atoms with Crippen molar-refractivity contribution in [3.8, 4) is 0 Å². The van der Waals surface area contributed by atoms with Gasteiger partial charge < -0.3 is 14.2 Å². The lowest BCUT2D eigenvalue weighted by molar-refractivity contribution is -0.0886. The van der Waals surface area contributed by atoms with Crippen molar-refractivity contribution in [3.63, 3.8) is 0 Å². The number of sulfonamides is 1. The van der Waals surface area contributed by atoms with Gasteiger partial charge in [-0.1, -0.05) is 55.1 Å². The Labute approximate surface area is 178 Å². The summed E-state index contributed by atoms with van der Waals surface area (Å²) >= 11 is 0. The Hall–Kier alpha value is -2.03. The fourth-order valence-corrected chi connectivity index (χ4v) is 4.46. The molecule has 2 aromatic carbocycles. The summed E-state index contributed by atoms with van der Waals surface area (Å²) in [7, 11) is -3.64. The first kappa shape index (κ1) is 22.7. The molecule has 4 atom stereocenters. The van der Waals surface area contributed by atoms with Crippen LogP contribution in [0.25, 0.3) is 6.08 Å². The van der Waals surface area contributed by atoms with E-state index < -0.39 is 10.0 Å². The topological polar surface area (TPSA) is 73.9 Å². The van der Waals surface area contributed by atoms with E-state index in [0.29, 0.717) is 13.2 Å². The highest BCUT2D eigenvalue weighted by Crippen LogP contribution is 2.23. The van der Waals surface area contributed by atoms with Crippen LogP contribution >= 0.6 is 0 Å². The van der Waals surface area contributed by atoms with E-state index >= 15 is 0 Å². The molecule has 1 saturated heterocycles. The number of hydrogen-bond donors (Lipinski definition) is 1. The average Bonchev–Trinajstić information content (AvgIpc) is 3.11. The minimum absolute atomic E-state index is 0.130. The summed E-state index contributed by atoms with van der Waals surface area (Å²) in [5.41, 5.74) is 1.83. The molecule has 1 fully saturated rings. The van der Waals surface area contributed by atoms with Crippen molar-refractivity contribution in [2.75, 3.05) is 13.2 Å². The maximum Gasteiger partial charge on any atom is 0.240 e. The molecule has 0 radical (unpaired) electrons. The summed E-state index contributed by atoms with van der Waals surface area (Å²) in [6.07, 6.45) is 0.663. The van der Waals surface area contributed by atoms with Gasteiger partial charge in [0, 0.05) is 6.54 Å². The van der Waals surface area contributed by atoms with E-state index in [9.17, 15) is 8.42 Å². The predicted molar refractivity (Wildman–Crippen MR) is 116 cm³/mol. The zero-order valence-corrected chi connectivity index (χ0v) is 18.2. The molecule has 0 amide bonds. The van der Waals surface area contributed by atoms with Gasteiger partial charge in [0.1, 0.15) is 12.2 Å². The van der Waals surface area contributed by atoms with Crippen LogP contribution in [0.4, 0.5) is 0 Å². The molecule has 0 bridgehead atoms. The highest BCUT2D eigenvalue weighted by Gasteiger charge is 2.37.